The minimum absolute atomic E-state index is 0.133. The molecule has 0 fully saturated rings. The van der Waals surface area contributed by atoms with Gasteiger partial charge < -0.3 is 9.84 Å². The van der Waals surface area contributed by atoms with Crippen LogP contribution in [0.1, 0.15) is 32.3 Å². The Morgan fingerprint density at radius 1 is 1.32 bits per heavy atom. The maximum atomic E-state index is 10.8. The molecule has 0 atom stereocenters. The van der Waals surface area contributed by atoms with Gasteiger partial charge in [0.1, 0.15) is 5.75 Å². The van der Waals surface area contributed by atoms with Gasteiger partial charge in [0, 0.05) is 11.1 Å². The highest BCUT2D eigenvalue weighted by Crippen LogP contribution is 2.34. The van der Waals surface area contributed by atoms with Crippen molar-refractivity contribution in [3.8, 4) is 5.75 Å². The summed E-state index contributed by atoms with van der Waals surface area (Å²) in [6.07, 6.45) is 1.54. The molecule has 1 N–H and O–H groups in total. The number of hydrogen-bond donors (Lipinski definition) is 1. The second-order valence-electron chi connectivity index (χ2n) is 5.31. The minimum atomic E-state index is -0.788. The first-order valence-corrected chi connectivity index (χ1v) is 6.74. The number of hydrogen-bond acceptors (Lipinski definition) is 2. The molecule has 0 amide bonds. The number of ether oxygens (including phenoxy) is 1. The quantitative estimate of drug-likeness (QED) is 0.845. The van der Waals surface area contributed by atoms with Gasteiger partial charge in [-0.05, 0) is 29.9 Å². The molecule has 1 aromatic carbocycles. The van der Waals surface area contributed by atoms with Crippen molar-refractivity contribution >= 4 is 29.2 Å². The first kappa shape index (κ1) is 16.1. The Kier molecular flexibility index (Phi) is 5.50. The summed E-state index contributed by atoms with van der Waals surface area (Å²) < 4.78 is 5.08. The fourth-order valence-corrected chi connectivity index (χ4v) is 2.40. The topological polar surface area (TPSA) is 46.5 Å². The van der Waals surface area contributed by atoms with E-state index in [1.165, 1.54) is 7.11 Å². The highest BCUT2D eigenvalue weighted by molar-refractivity contribution is 6.34. The highest BCUT2D eigenvalue weighted by atomic mass is 35.5. The molecule has 0 aliphatic rings. The van der Waals surface area contributed by atoms with Crippen LogP contribution in [0.25, 0.3) is 0 Å². The van der Waals surface area contributed by atoms with Gasteiger partial charge in [-0.25, -0.2) is 0 Å². The smallest absolute Gasteiger partial charge is 0.303 e. The minimum Gasteiger partial charge on any atom is -0.495 e. The van der Waals surface area contributed by atoms with Crippen molar-refractivity contribution in [3.63, 3.8) is 0 Å². The zero-order chi connectivity index (χ0) is 14.6. The normalized spacial score (nSPS) is 11.4. The zero-order valence-electron chi connectivity index (χ0n) is 11.3. The van der Waals surface area contributed by atoms with Crippen LogP contribution >= 0.6 is 23.2 Å². The van der Waals surface area contributed by atoms with E-state index in [9.17, 15) is 4.79 Å². The van der Waals surface area contributed by atoms with Gasteiger partial charge in [0.25, 0.3) is 0 Å². The molecule has 0 spiro atoms. The Morgan fingerprint density at radius 2 is 1.95 bits per heavy atom. The molecular formula is C14H18Cl2O3. The van der Waals surface area contributed by atoms with Crippen LogP contribution in [0.5, 0.6) is 5.75 Å². The Labute approximate surface area is 123 Å². The van der Waals surface area contributed by atoms with Crippen LogP contribution in [0, 0.1) is 5.41 Å². The first-order chi connectivity index (χ1) is 8.75. The van der Waals surface area contributed by atoms with Crippen LogP contribution in [0.2, 0.25) is 10.0 Å². The summed E-state index contributed by atoms with van der Waals surface area (Å²) in [6.45, 7) is 3.86. The lowest BCUT2D eigenvalue weighted by Gasteiger charge is -2.22. The number of carbonyl (C=O) groups is 1. The zero-order valence-corrected chi connectivity index (χ0v) is 12.8. The summed E-state index contributed by atoms with van der Waals surface area (Å²) in [5.74, 6) is -0.246. The van der Waals surface area contributed by atoms with E-state index in [-0.39, 0.29) is 11.8 Å². The van der Waals surface area contributed by atoms with E-state index in [2.05, 4.69) is 0 Å². The van der Waals surface area contributed by atoms with Gasteiger partial charge in [0.15, 0.2) is 0 Å². The summed E-state index contributed by atoms with van der Waals surface area (Å²) in [5, 5.41) is 9.95. The van der Waals surface area contributed by atoms with Crippen LogP contribution < -0.4 is 4.74 Å². The Balaban J connectivity index is 2.78. The average Bonchev–Trinajstić information content (AvgIpc) is 2.28. The lowest BCUT2D eigenvalue weighted by Crippen LogP contribution is -2.17. The van der Waals surface area contributed by atoms with E-state index >= 15 is 0 Å². The molecule has 1 aromatic rings. The third kappa shape index (κ3) is 4.92. The monoisotopic (exact) mass is 304 g/mol. The fourth-order valence-electron chi connectivity index (χ4n) is 1.89. The molecule has 19 heavy (non-hydrogen) atoms. The average molecular weight is 305 g/mol. The van der Waals surface area contributed by atoms with Gasteiger partial charge in [-0.15, -0.1) is 0 Å². The largest absolute Gasteiger partial charge is 0.495 e. The standard InChI is InChI=1S/C14H18Cl2O3/c1-14(2,8-13(17)18)5-4-9-6-11(16)12(19-3)7-10(9)15/h6-7H,4-5,8H2,1-3H3,(H,17,18). The molecular weight excluding hydrogens is 287 g/mol. The Morgan fingerprint density at radius 3 is 2.47 bits per heavy atom. The third-order valence-electron chi connectivity index (χ3n) is 3.02. The second kappa shape index (κ2) is 6.49. The molecule has 106 valence electrons. The van der Waals surface area contributed by atoms with Gasteiger partial charge in [-0.2, -0.15) is 0 Å². The van der Waals surface area contributed by atoms with Crippen LogP contribution in [0.15, 0.2) is 12.1 Å². The van der Waals surface area contributed by atoms with E-state index < -0.39 is 5.97 Å². The van der Waals surface area contributed by atoms with Crippen LogP contribution in [0.4, 0.5) is 0 Å². The van der Waals surface area contributed by atoms with Crippen molar-refractivity contribution in [3.05, 3.63) is 27.7 Å². The van der Waals surface area contributed by atoms with Crippen molar-refractivity contribution in [1.82, 2.24) is 0 Å². The molecule has 0 saturated carbocycles. The van der Waals surface area contributed by atoms with Gasteiger partial charge >= 0.3 is 5.97 Å². The van der Waals surface area contributed by atoms with Gasteiger partial charge in [0.2, 0.25) is 0 Å². The number of halogens is 2. The number of methoxy groups -OCH3 is 1. The number of aryl methyl sites for hydroxylation is 1. The first-order valence-electron chi connectivity index (χ1n) is 5.99. The van der Waals surface area contributed by atoms with Crippen LogP contribution in [0.3, 0.4) is 0 Å². The van der Waals surface area contributed by atoms with E-state index in [4.69, 9.17) is 33.0 Å². The SMILES string of the molecule is COc1cc(Cl)c(CCC(C)(C)CC(=O)O)cc1Cl. The molecule has 0 bridgehead atoms. The highest BCUT2D eigenvalue weighted by Gasteiger charge is 2.22. The molecule has 0 aromatic heterocycles. The summed E-state index contributed by atoms with van der Waals surface area (Å²) in [6, 6.07) is 3.46. The Hall–Kier alpha value is -0.930. The number of carboxylic acid groups (broad SMARTS) is 1. The van der Waals surface area contributed by atoms with Crippen molar-refractivity contribution in [2.75, 3.05) is 7.11 Å². The predicted molar refractivity (Wildman–Crippen MR) is 77.4 cm³/mol. The van der Waals surface area contributed by atoms with Crippen LogP contribution in [-0.2, 0) is 11.2 Å². The van der Waals surface area contributed by atoms with Crippen LogP contribution in [-0.4, -0.2) is 18.2 Å². The Bertz CT molecular complexity index is 470. The van der Waals surface area contributed by atoms with E-state index in [1.807, 2.05) is 13.8 Å². The molecule has 0 aliphatic heterocycles. The molecule has 3 nitrogen and oxygen atoms in total. The van der Waals surface area contributed by atoms with Crippen molar-refractivity contribution in [2.45, 2.75) is 33.1 Å². The van der Waals surface area contributed by atoms with Gasteiger partial charge in [-0.1, -0.05) is 37.0 Å². The molecule has 0 unspecified atom stereocenters. The fraction of sp³-hybridized carbons (Fsp3) is 0.500. The summed E-state index contributed by atoms with van der Waals surface area (Å²) in [5.41, 5.74) is 0.632. The summed E-state index contributed by atoms with van der Waals surface area (Å²) in [7, 11) is 1.53. The summed E-state index contributed by atoms with van der Waals surface area (Å²) in [4.78, 5) is 10.8. The second-order valence-corrected chi connectivity index (χ2v) is 6.13. The van der Waals surface area contributed by atoms with Gasteiger partial charge in [-0.3, -0.25) is 4.79 Å². The molecule has 0 aliphatic carbocycles. The molecule has 1 rings (SSSR count). The van der Waals surface area contributed by atoms with Crippen molar-refractivity contribution in [2.24, 2.45) is 5.41 Å². The maximum Gasteiger partial charge on any atom is 0.303 e. The molecule has 0 heterocycles. The maximum absolute atomic E-state index is 10.8. The number of carboxylic acids is 1. The molecule has 5 heteroatoms. The number of rotatable bonds is 6. The number of aliphatic carboxylic acids is 1. The molecule has 0 saturated heterocycles. The van der Waals surface area contributed by atoms with Gasteiger partial charge in [0.05, 0.1) is 18.6 Å². The lowest BCUT2D eigenvalue weighted by atomic mass is 9.83. The van der Waals surface area contributed by atoms with E-state index in [0.717, 1.165) is 12.0 Å². The molecule has 0 radical (unpaired) electrons. The van der Waals surface area contributed by atoms with E-state index in [0.29, 0.717) is 22.2 Å². The van der Waals surface area contributed by atoms with Crippen molar-refractivity contribution in [1.29, 1.82) is 0 Å². The van der Waals surface area contributed by atoms with E-state index in [1.54, 1.807) is 12.1 Å². The van der Waals surface area contributed by atoms with Crippen molar-refractivity contribution < 1.29 is 14.6 Å². The lowest BCUT2D eigenvalue weighted by molar-refractivity contribution is -0.139. The number of benzene rings is 1. The predicted octanol–water partition coefficient (Wildman–Crippen LogP) is 4.44. The third-order valence-corrected chi connectivity index (χ3v) is 3.67. The summed E-state index contributed by atoms with van der Waals surface area (Å²) >= 11 is 12.2.